The maximum atomic E-state index is 12.8. The maximum Gasteiger partial charge on any atom is 0.123 e. The first-order valence-corrected chi connectivity index (χ1v) is 5.99. The van der Waals surface area contributed by atoms with Gasteiger partial charge in [-0.25, -0.2) is 4.39 Å². The van der Waals surface area contributed by atoms with Crippen LogP contribution in [0.4, 0.5) is 10.1 Å². The van der Waals surface area contributed by atoms with Crippen molar-refractivity contribution in [3.63, 3.8) is 0 Å². The predicted octanol–water partition coefficient (Wildman–Crippen LogP) is 3.84. The van der Waals surface area contributed by atoms with Crippen molar-refractivity contribution in [2.45, 2.75) is 13.5 Å². The summed E-state index contributed by atoms with van der Waals surface area (Å²) in [7, 11) is 0. The van der Waals surface area contributed by atoms with Gasteiger partial charge in [0, 0.05) is 18.3 Å². The van der Waals surface area contributed by atoms with Crippen LogP contribution in [0.3, 0.4) is 0 Å². The molecule has 1 N–H and O–H groups in total. The molecular weight excluding hydrogens is 229 g/mol. The van der Waals surface area contributed by atoms with Gasteiger partial charge in [-0.15, -0.1) is 0 Å². The smallest absolute Gasteiger partial charge is 0.123 e. The first-order chi connectivity index (χ1) is 8.78. The average molecular weight is 245 g/mol. The molecule has 0 aliphatic rings. The Labute approximate surface area is 106 Å². The Kier molecular flexibility index (Phi) is 4.18. The lowest BCUT2D eigenvalue weighted by molar-refractivity contribution is 0.340. The van der Waals surface area contributed by atoms with E-state index in [0.29, 0.717) is 13.2 Å². The van der Waals surface area contributed by atoms with Crippen LogP contribution in [0.5, 0.6) is 5.75 Å². The minimum Gasteiger partial charge on any atom is -0.494 e. The lowest BCUT2D eigenvalue weighted by atomic mass is 10.2. The van der Waals surface area contributed by atoms with Gasteiger partial charge < -0.3 is 10.1 Å². The van der Waals surface area contributed by atoms with Crippen molar-refractivity contribution < 1.29 is 9.13 Å². The molecule has 0 bridgehead atoms. The zero-order valence-corrected chi connectivity index (χ0v) is 10.3. The molecule has 0 atom stereocenters. The van der Waals surface area contributed by atoms with Crippen molar-refractivity contribution >= 4 is 5.69 Å². The zero-order chi connectivity index (χ0) is 12.8. The first kappa shape index (κ1) is 12.4. The third-order valence-electron chi connectivity index (χ3n) is 2.55. The van der Waals surface area contributed by atoms with Crippen LogP contribution in [0, 0.1) is 5.82 Å². The molecule has 2 rings (SSSR count). The van der Waals surface area contributed by atoms with Crippen LogP contribution in [0.25, 0.3) is 0 Å². The van der Waals surface area contributed by atoms with Crippen molar-refractivity contribution in [1.29, 1.82) is 0 Å². The second-order valence-corrected chi connectivity index (χ2v) is 3.94. The van der Waals surface area contributed by atoms with E-state index >= 15 is 0 Å². The van der Waals surface area contributed by atoms with Gasteiger partial charge in [0.15, 0.2) is 0 Å². The summed E-state index contributed by atoms with van der Waals surface area (Å²) in [6, 6.07) is 14.3. The van der Waals surface area contributed by atoms with Crippen LogP contribution < -0.4 is 10.1 Å². The number of nitrogens with one attached hydrogen (secondary N) is 1. The topological polar surface area (TPSA) is 21.3 Å². The number of rotatable bonds is 5. The van der Waals surface area contributed by atoms with E-state index < -0.39 is 0 Å². The monoisotopic (exact) mass is 245 g/mol. The standard InChI is InChI=1S/C15H16FNO/c1-2-18-15-5-3-4-14(10-15)17-11-12-6-8-13(16)9-7-12/h3-10,17H,2,11H2,1H3. The van der Waals surface area contributed by atoms with Gasteiger partial charge in [-0.05, 0) is 36.8 Å². The lowest BCUT2D eigenvalue weighted by Gasteiger charge is -2.09. The first-order valence-electron chi connectivity index (χ1n) is 5.99. The number of anilines is 1. The highest BCUT2D eigenvalue weighted by atomic mass is 19.1. The zero-order valence-electron chi connectivity index (χ0n) is 10.3. The van der Waals surface area contributed by atoms with Gasteiger partial charge in [-0.3, -0.25) is 0 Å². The van der Waals surface area contributed by atoms with Crippen LogP contribution >= 0.6 is 0 Å². The summed E-state index contributed by atoms with van der Waals surface area (Å²) < 4.78 is 18.2. The predicted molar refractivity (Wildman–Crippen MR) is 71.3 cm³/mol. The molecule has 0 aromatic heterocycles. The van der Waals surface area contributed by atoms with Crippen molar-refractivity contribution in [1.82, 2.24) is 0 Å². The molecule has 0 saturated carbocycles. The highest BCUT2D eigenvalue weighted by Crippen LogP contribution is 2.18. The summed E-state index contributed by atoms with van der Waals surface area (Å²) >= 11 is 0. The largest absolute Gasteiger partial charge is 0.494 e. The average Bonchev–Trinajstić information content (AvgIpc) is 2.39. The molecular formula is C15H16FNO. The van der Waals surface area contributed by atoms with Gasteiger partial charge in [-0.2, -0.15) is 0 Å². The van der Waals surface area contributed by atoms with E-state index in [1.165, 1.54) is 12.1 Å². The molecule has 0 unspecified atom stereocenters. The molecule has 0 spiro atoms. The Balaban J connectivity index is 1.97. The quantitative estimate of drug-likeness (QED) is 0.864. The number of halogens is 1. The van der Waals surface area contributed by atoms with E-state index in [4.69, 9.17) is 4.74 Å². The summed E-state index contributed by atoms with van der Waals surface area (Å²) in [4.78, 5) is 0. The highest BCUT2D eigenvalue weighted by Gasteiger charge is 1.97. The van der Waals surface area contributed by atoms with E-state index in [1.807, 2.05) is 31.2 Å². The highest BCUT2D eigenvalue weighted by molar-refractivity contribution is 5.48. The molecule has 0 radical (unpaired) electrons. The van der Waals surface area contributed by atoms with Crippen LogP contribution in [0.15, 0.2) is 48.5 Å². The molecule has 0 aliphatic carbocycles. The molecule has 0 aliphatic heterocycles. The molecule has 94 valence electrons. The molecule has 0 saturated heterocycles. The van der Waals surface area contributed by atoms with E-state index in [-0.39, 0.29) is 5.82 Å². The number of ether oxygens (including phenoxy) is 1. The Morgan fingerprint density at radius 1 is 1.11 bits per heavy atom. The molecule has 0 amide bonds. The molecule has 3 heteroatoms. The lowest BCUT2D eigenvalue weighted by Crippen LogP contribution is -2.00. The van der Waals surface area contributed by atoms with Gasteiger partial charge in [-0.1, -0.05) is 18.2 Å². The summed E-state index contributed by atoms with van der Waals surface area (Å²) in [5.41, 5.74) is 2.03. The molecule has 0 heterocycles. The maximum absolute atomic E-state index is 12.8. The third-order valence-corrected chi connectivity index (χ3v) is 2.55. The number of hydrogen-bond acceptors (Lipinski definition) is 2. The summed E-state index contributed by atoms with van der Waals surface area (Å²) in [6.07, 6.45) is 0. The SMILES string of the molecule is CCOc1cccc(NCc2ccc(F)cc2)c1. The minimum atomic E-state index is -0.211. The van der Waals surface area contributed by atoms with Gasteiger partial charge >= 0.3 is 0 Å². The molecule has 0 fully saturated rings. The van der Waals surface area contributed by atoms with Crippen LogP contribution in [0.2, 0.25) is 0 Å². The van der Waals surface area contributed by atoms with E-state index in [1.54, 1.807) is 12.1 Å². The van der Waals surface area contributed by atoms with Crippen molar-refractivity contribution in [2.75, 3.05) is 11.9 Å². The molecule has 2 aromatic rings. The summed E-state index contributed by atoms with van der Waals surface area (Å²) in [6.45, 7) is 3.27. The summed E-state index contributed by atoms with van der Waals surface area (Å²) in [5, 5.41) is 3.28. The van der Waals surface area contributed by atoms with Crippen LogP contribution in [0.1, 0.15) is 12.5 Å². The summed E-state index contributed by atoms with van der Waals surface area (Å²) in [5.74, 6) is 0.638. The van der Waals surface area contributed by atoms with Crippen molar-refractivity contribution in [2.24, 2.45) is 0 Å². The van der Waals surface area contributed by atoms with E-state index in [0.717, 1.165) is 17.0 Å². The van der Waals surface area contributed by atoms with Gasteiger partial charge in [0.05, 0.1) is 6.61 Å². The van der Waals surface area contributed by atoms with Crippen LogP contribution in [-0.2, 0) is 6.54 Å². The number of hydrogen-bond donors (Lipinski definition) is 1. The van der Waals surface area contributed by atoms with Crippen molar-refractivity contribution in [3.8, 4) is 5.75 Å². The second kappa shape index (κ2) is 6.05. The number of benzene rings is 2. The van der Waals surface area contributed by atoms with Crippen LogP contribution in [-0.4, -0.2) is 6.61 Å². The van der Waals surface area contributed by atoms with Gasteiger partial charge in [0.2, 0.25) is 0 Å². The second-order valence-electron chi connectivity index (χ2n) is 3.94. The fourth-order valence-electron chi connectivity index (χ4n) is 1.67. The van der Waals surface area contributed by atoms with Gasteiger partial charge in [0.25, 0.3) is 0 Å². The fraction of sp³-hybridized carbons (Fsp3) is 0.200. The minimum absolute atomic E-state index is 0.211. The Morgan fingerprint density at radius 2 is 1.89 bits per heavy atom. The Morgan fingerprint density at radius 3 is 2.61 bits per heavy atom. The third kappa shape index (κ3) is 3.48. The fourth-order valence-corrected chi connectivity index (χ4v) is 1.67. The molecule has 18 heavy (non-hydrogen) atoms. The normalized spacial score (nSPS) is 10.1. The van der Waals surface area contributed by atoms with E-state index in [9.17, 15) is 4.39 Å². The van der Waals surface area contributed by atoms with E-state index in [2.05, 4.69) is 5.32 Å². The molecule has 2 aromatic carbocycles. The van der Waals surface area contributed by atoms with Crippen molar-refractivity contribution in [3.05, 3.63) is 59.9 Å². The Hall–Kier alpha value is -2.03. The molecule has 2 nitrogen and oxygen atoms in total. The Bertz CT molecular complexity index is 496. The van der Waals surface area contributed by atoms with Gasteiger partial charge in [0.1, 0.15) is 11.6 Å².